The van der Waals surface area contributed by atoms with Gasteiger partial charge in [0.1, 0.15) is 5.60 Å². The number of piperazine rings is 1. The van der Waals surface area contributed by atoms with Crippen LogP contribution in [0.25, 0.3) is 0 Å². The van der Waals surface area contributed by atoms with E-state index in [9.17, 15) is 18.0 Å². The van der Waals surface area contributed by atoms with Gasteiger partial charge in [-0.15, -0.1) is 0 Å². The summed E-state index contributed by atoms with van der Waals surface area (Å²) in [6, 6.07) is 10.1. The molecule has 2 atom stereocenters. The van der Waals surface area contributed by atoms with Gasteiger partial charge in [0.2, 0.25) is 5.95 Å². The SMILES string of the molecule is C[C@@H]1CN(c2ncc(C(F)(F)F)cn2)[C@@H](C)CN1C(=O)OC1(C)CC2(CN(Cc3ccccc3)C2)C1. The highest BCUT2D eigenvalue weighted by molar-refractivity contribution is 5.69. The zero-order valence-electron chi connectivity index (χ0n) is 20.8. The molecular formula is C26H32F3N5O2. The van der Waals surface area contributed by atoms with Gasteiger partial charge in [-0.2, -0.15) is 13.2 Å². The fourth-order valence-electron chi connectivity index (χ4n) is 6.23. The molecule has 1 amide bonds. The lowest BCUT2D eigenvalue weighted by atomic mass is 9.55. The quantitative estimate of drug-likeness (QED) is 0.609. The van der Waals surface area contributed by atoms with Crippen molar-refractivity contribution in [2.24, 2.45) is 5.41 Å². The van der Waals surface area contributed by atoms with Gasteiger partial charge in [-0.25, -0.2) is 14.8 Å². The first-order valence-corrected chi connectivity index (χ1v) is 12.4. The first-order chi connectivity index (χ1) is 17.0. The van der Waals surface area contributed by atoms with E-state index in [1.165, 1.54) is 5.56 Å². The number of carbonyl (C=O) groups excluding carboxylic acids is 1. The molecule has 1 saturated carbocycles. The molecule has 2 saturated heterocycles. The monoisotopic (exact) mass is 503 g/mol. The second-order valence-electron chi connectivity index (χ2n) is 11.1. The molecule has 1 aromatic carbocycles. The highest BCUT2D eigenvalue weighted by Crippen LogP contribution is 2.56. The third kappa shape index (κ3) is 4.87. The van der Waals surface area contributed by atoms with Gasteiger partial charge in [0, 0.05) is 62.6 Å². The number of rotatable bonds is 4. The number of hydrogen-bond acceptors (Lipinski definition) is 6. The zero-order valence-corrected chi connectivity index (χ0v) is 20.8. The smallest absolute Gasteiger partial charge is 0.419 e. The van der Waals surface area contributed by atoms with Crippen molar-refractivity contribution < 1.29 is 22.7 Å². The van der Waals surface area contributed by atoms with E-state index >= 15 is 0 Å². The molecule has 1 aliphatic carbocycles. The minimum atomic E-state index is -4.48. The first-order valence-electron chi connectivity index (χ1n) is 12.4. The first kappa shape index (κ1) is 24.8. The normalized spacial score (nSPS) is 25.3. The number of alkyl halides is 3. The summed E-state index contributed by atoms with van der Waals surface area (Å²) in [6.07, 6.45) is -1.49. The van der Waals surface area contributed by atoms with Crippen LogP contribution in [-0.4, -0.2) is 69.7 Å². The fourth-order valence-corrected chi connectivity index (χ4v) is 6.23. The summed E-state index contributed by atoms with van der Waals surface area (Å²) in [5, 5.41) is 0. The van der Waals surface area contributed by atoms with Crippen LogP contribution in [0.1, 0.15) is 44.7 Å². The number of ether oxygens (including phenoxy) is 1. The Labute approximate surface area is 209 Å². The van der Waals surface area contributed by atoms with E-state index in [0.29, 0.717) is 13.1 Å². The molecule has 2 aliphatic heterocycles. The van der Waals surface area contributed by atoms with Gasteiger partial charge in [-0.3, -0.25) is 4.90 Å². The van der Waals surface area contributed by atoms with Crippen LogP contribution in [0.5, 0.6) is 0 Å². The number of amides is 1. The Morgan fingerprint density at radius 1 is 1.06 bits per heavy atom. The summed E-state index contributed by atoms with van der Waals surface area (Å²) >= 11 is 0. The van der Waals surface area contributed by atoms with Crippen molar-refractivity contribution in [1.82, 2.24) is 19.8 Å². The third-order valence-corrected chi connectivity index (χ3v) is 7.64. The number of hydrogen-bond donors (Lipinski definition) is 0. The Bertz CT molecular complexity index is 1080. The van der Waals surface area contributed by atoms with E-state index in [0.717, 1.165) is 44.9 Å². The Morgan fingerprint density at radius 3 is 2.31 bits per heavy atom. The number of halogens is 3. The zero-order chi connectivity index (χ0) is 25.7. The summed E-state index contributed by atoms with van der Waals surface area (Å²) in [4.78, 5) is 26.9. The van der Waals surface area contributed by atoms with Crippen molar-refractivity contribution in [3.8, 4) is 0 Å². The van der Waals surface area contributed by atoms with Gasteiger partial charge in [0.15, 0.2) is 0 Å². The predicted octanol–water partition coefficient (Wildman–Crippen LogP) is 4.59. The molecular weight excluding hydrogens is 471 g/mol. The summed E-state index contributed by atoms with van der Waals surface area (Å²) in [6.45, 7) is 9.61. The highest BCUT2D eigenvalue weighted by Gasteiger charge is 2.60. The Balaban J connectivity index is 1.12. The van der Waals surface area contributed by atoms with Crippen LogP contribution < -0.4 is 4.90 Å². The molecule has 7 nitrogen and oxygen atoms in total. The lowest BCUT2D eigenvalue weighted by Crippen LogP contribution is -2.68. The van der Waals surface area contributed by atoms with Gasteiger partial charge in [-0.1, -0.05) is 30.3 Å². The van der Waals surface area contributed by atoms with Crippen molar-refractivity contribution in [3.05, 3.63) is 53.9 Å². The molecule has 0 N–H and O–H groups in total. The molecule has 3 aliphatic rings. The van der Waals surface area contributed by atoms with Gasteiger partial charge in [0.25, 0.3) is 0 Å². The molecule has 3 fully saturated rings. The van der Waals surface area contributed by atoms with Crippen LogP contribution in [0.3, 0.4) is 0 Å². The largest absolute Gasteiger partial charge is 0.443 e. The van der Waals surface area contributed by atoms with E-state index in [1.54, 1.807) is 4.90 Å². The predicted molar refractivity (Wildman–Crippen MR) is 128 cm³/mol. The van der Waals surface area contributed by atoms with Crippen LogP contribution in [0.2, 0.25) is 0 Å². The van der Waals surface area contributed by atoms with Crippen LogP contribution in [0, 0.1) is 5.41 Å². The molecule has 0 radical (unpaired) electrons. The number of aromatic nitrogens is 2. The number of benzene rings is 1. The van der Waals surface area contributed by atoms with Crippen molar-refractivity contribution in [1.29, 1.82) is 0 Å². The van der Waals surface area contributed by atoms with E-state index in [-0.39, 0.29) is 29.5 Å². The van der Waals surface area contributed by atoms with Crippen molar-refractivity contribution in [3.63, 3.8) is 0 Å². The van der Waals surface area contributed by atoms with E-state index in [1.807, 2.05) is 31.7 Å². The van der Waals surface area contributed by atoms with Crippen LogP contribution >= 0.6 is 0 Å². The van der Waals surface area contributed by atoms with Crippen molar-refractivity contribution in [2.75, 3.05) is 31.1 Å². The van der Waals surface area contributed by atoms with Gasteiger partial charge >= 0.3 is 12.3 Å². The Hall–Kier alpha value is -2.88. The number of anilines is 1. The summed E-state index contributed by atoms with van der Waals surface area (Å²) < 4.78 is 44.5. The molecule has 3 heterocycles. The van der Waals surface area contributed by atoms with E-state index in [2.05, 4.69) is 39.1 Å². The van der Waals surface area contributed by atoms with Crippen LogP contribution in [0.4, 0.5) is 23.9 Å². The second-order valence-corrected chi connectivity index (χ2v) is 11.1. The fraction of sp³-hybridized carbons (Fsp3) is 0.577. The summed E-state index contributed by atoms with van der Waals surface area (Å²) in [5.74, 6) is 0.230. The standard InChI is InChI=1S/C26H32F3N5O2/c1-18-12-34(19(2)11-33(18)22-30-9-21(10-31-22)26(27,28)29)23(35)36-24(3)14-25(15-24)16-32(17-25)13-20-7-5-4-6-8-20/h4-10,18-19H,11-17H2,1-3H3/t18-,19+/m0/s1. The van der Waals surface area contributed by atoms with E-state index in [4.69, 9.17) is 4.74 Å². The molecule has 36 heavy (non-hydrogen) atoms. The number of likely N-dealkylation sites (tertiary alicyclic amines) is 1. The minimum Gasteiger partial charge on any atom is -0.443 e. The average Bonchev–Trinajstić information content (AvgIpc) is 2.78. The maximum Gasteiger partial charge on any atom is 0.419 e. The minimum absolute atomic E-state index is 0.163. The second kappa shape index (κ2) is 8.90. The van der Waals surface area contributed by atoms with Gasteiger partial charge < -0.3 is 14.5 Å². The highest BCUT2D eigenvalue weighted by atomic mass is 19.4. The van der Waals surface area contributed by atoms with Crippen molar-refractivity contribution >= 4 is 12.0 Å². The van der Waals surface area contributed by atoms with Gasteiger partial charge in [0.05, 0.1) is 5.56 Å². The summed E-state index contributed by atoms with van der Waals surface area (Å²) in [7, 11) is 0. The molecule has 1 aromatic heterocycles. The van der Waals surface area contributed by atoms with Crippen molar-refractivity contribution in [2.45, 2.75) is 64.0 Å². The van der Waals surface area contributed by atoms with Crippen LogP contribution in [0.15, 0.2) is 42.7 Å². The molecule has 1 spiro atoms. The Kier molecular flexibility index (Phi) is 6.13. The maximum atomic E-state index is 13.1. The number of carbonyl (C=O) groups is 1. The molecule has 5 rings (SSSR count). The average molecular weight is 504 g/mol. The molecule has 10 heteroatoms. The summed E-state index contributed by atoms with van der Waals surface area (Å²) in [5.41, 5.74) is 0.202. The van der Waals surface area contributed by atoms with Gasteiger partial charge in [-0.05, 0) is 39.2 Å². The molecule has 0 unspecified atom stereocenters. The number of nitrogens with zero attached hydrogens (tertiary/aromatic N) is 5. The lowest BCUT2D eigenvalue weighted by Gasteiger charge is -2.62. The molecule has 2 aromatic rings. The Morgan fingerprint density at radius 2 is 1.69 bits per heavy atom. The molecule has 194 valence electrons. The molecule has 0 bridgehead atoms. The maximum absolute atomic E-state index is 13.1. The topological polar surface area (TPSA) is 61.8 Å². The van der Waals surface area contributed by atoms with E-state index < -0.39 is 17.3 Å². The lowest BCUT2D eigenvalue weighted by molar-refractivity contribution is -0.187. The third-order valence-electron chi connectivity index (χ3n) is 7.64. The van der Waals surface area contributed by atoms with Crippen LogP contribution in [-0.2, 0) is 17.5 Å².